The van der Waals surface area contributed by atoms with Gasteiger partial charge in [-0.1, -0.05) is 33.8 Å². The SMILES string of the molecule is CCCNc1cccc(OC2CC(C)CC(C)(C)C2)n1. The van der Waals surface area contributed by atoms with Crippen LogP contribution < -0.4 is 10.1 Å². The third-order valence-electron chi connectivity index (χ3n) is 3.91. The molecule has 0 aromatic carbocycles. The van der Waals surface area contributed by atoms with Crippen LogP contribution in [0.1, 0.15) is 53.4 Å². The first kappa shape index (κ1) is 15.1. The van der Waals surface area contributed by atoms with Gasteiger partial charge in [0.25, 0.3) is 0 Å². The fourth-order valence-electron chi connectivity index (χ4n) is 3.35. The average Bonchev–Trinajstić information content (AvgIpc) is 2.34. The predicted octanol–water partition coefficient (Wildman–Crippen LogP) is 4.50. The van der Waals surface area contributed by atoms with Crippen molar-refractivity contribution in [3.63, 3.8) is 0 Å². The number of nitrogens with zero attached hydrogens (tertiary/aromatic N) is 1. The second-order valence-corrected chi connectivity index (χ2v) is 6.94. The fourth-order valence-corrected chi connectivity index (χ4v) is 3.35. The summed E-state index contributed by atoms with van der Waals surface area (Å²) in [6, 6.07) is 5.97. The lowest BCUT2D eigenvalue weighted by Gasteiger charge is -2.38. The van der Waals surface area contributed by atoms with Crippen LogP contribution in [0, 0.1) is 11.3 Å². The minimum atomic E-state index is 0.294. The lowest BCUT2D eigenvalue weighted by Crippen LogP contribution is -2.34. The number of aromatic nitrogens is 1. The number of anilines is 1. The van der Waals surface area contributed by atoms with Crippen LogP contribution in [0.2, 0.25) is 0 Å². The molecule has 1 aliphatic rings. The van der Waals surface area contributed by atoms with Crippen molar-refractivity contribution in [3.05, 3.63) is 18.2 Å². The van der Waals surface area contributed by atoms with Gasteiger partial charge in [0.15, 0.2) is 0 Å². The van der Waals surface area contributed by atoms with E-state index in [-0.39, 0.29) is 0 Å². The maximum Gasteiger partial charge on any atom is 0.215 e. The Balaban J connectivity index is 1.98. The molecule has 1 saturated carbocycles. The molecule has 1 N–H and O–H groups in total. The van der Waals surface area contributed by atoms with Crippen LogP contribution in [0.3, 0.4) is 0 Å². The number of hydrogen-bond donors (Lipinski definition) is 1. The summed E-state index contributed by atoms with van der Waals surface area (Å²) in [7, 11) is 0. The molecule has 1 aliphatic carbocycles. The molecule has 0 aliphatic heterocycles. The van der Waals surface area contributed by atoms with Gasteiger partial charge in [-0.2, -0.15) is 4.98 Å². The fraction of sp³-hybridized carbons (Fsp3) is 0.706. The lowest BCUT2D eigenvalue weighted by molar-refractivity contribution is 0.0533. The molecule has 0 saturated heterocycles. The predicted molar refractivity (Wildman–Crippen MR) is 84.2 cm³/mol. The first-order chi connectivity index (χ1) is 9.48. The topological polar surface area (TPSA) is 34.1 Å². The van der Waals surface area contributed by atoms with Gasteiger partial charge in [-0.3, -0.25) is 0 Å². The van der Waals surface area contributed by atoms with Crippen LogP contribution in [0.15, 0.2) is 18.2 Å². The highest BCUT2D eigenvalue weighted by molar-refractivity contribution is 5.36. The molecule has 0 spiro atoms. The zero-order valence-corrected chi connectivity index (χ0v) is 13.3. The number of rotatable bonds is 5. The summed E-state index contributed by atoms with van der Waals surface area (Å²) in [5, 5.41) is 3.31. The molecule has 20 heavy (non-hydrogen) atoms. The number of ether oxygens (including phenoxy) is 1. The molecule has 2 atom stereocenters. The molecule has 2 rings (SSSR count). The average molecular weight is 276 g/mol. The molecule has 3 heteroatoms. The Bertz CT molecular complexity index is 431. The Labute approximate surface area is 123 Å². The van der Waals surface area contributed by atoms with Crippen molar-refractivity contribution in [1.29, 1.82) is 0 Å². The molecular weight excluding hydrogens is 248 g/mol. The van der Waals surface area contributed by atoms with E-state index in [2.05, 4.69) is 38.0 Å². The molecule has 1 heterocycles. The number of hydrogen-bond acceptors (Lipinski definition) is 3. The van der Waals surface area contributed by atoms with E-state index in [9.17, 15) is 0 Å². The van der Waals surface area contributed by atoms with Crippen molar-refractivity contribution in [1.82, 2.24) is 4.98 Å². The maximum absolute atomic E-state index is 6.13. The van der Waals surface area contributed by atoms with E-state index >= 15 is 0 Å². The first-order valence-corrected chi connectivity index (χ1v) is 7.86. The van der Waals surface area contributed by atoms with Crippen molar-refractivity contribution >= 4 is 5.82 Å². The Morgan fingerprint density at radius 3 is 2.85 bits per heavy atom. The molecule has 2 unspecified atom stereocenters. The van der Waals surface area contributed by atoms with Crippen molar-refractivity contribution < 1.29 is 4.74 Å². The Morgan fingerprint density at radius 1 is 1.35 bits per heavy atom. The molecule has 1 aromatic heterocycles. The third-order valence-corrected chi connectivity index (χ3v) is 3.91. The summed E-state index contributed by atoms with van der Waals surface area (Å²) in [4.78, 5) is 4.54. The highest BCUT2D eigenvalue weighted by atomic mass is 16.5. The molecule has 1 fully saturated rings. The zero-order valence-electron chi connectivity index (χ0n) is 13.3. The molecule has 112 valence electrons. The molecule has 3 nitrogen and oxygen atoms in total. The van der Waals surface area contributed by atoms with Gasteiger partial charge >= 0.3 is 0 Å². The van der Waals surface area contributed by atoms with Crippen molar-refractivity contribution in [2.24, 2.45) is 11.3 Å². The van der Waals surface area contributed by atoms with E-state index in [1.807, 2.05) is 18.2 Å². The highest BCUT2D eigenvalue weighted by Crippen LogP contribution is 2.39. The summed E-state index contributed by atoms with van der Waals surface area (Å²) in [6.07, 6.45) is 4.94. The standard InChI is InChI=1S/C17H28N2O/c1-5-9-18-15-7-6-8-16(19-15)20-14-10-13(2)11-17(3,4)12-14/h6-8,13-14H,5,9-12H2,1-4H3,(H,18,19). The van der Waals surface area contributed by atoms with Crippen LogP contribution in [0.4, 0.5) is 5.82 Å². The molecule has 0 amide bonds. The summed E-state index contributed by atoms with van der Waals surface area (Å²) < 4.78 is 6.13. The van der Waals surface area contributed by atoms with E-state index in [0.717, 1.165) is 43.4 Å². The molecule has 0 bridgehead atoms. The lowest BCUT2D eigenvalue weighted by atomic mass is 9.71. The minimum Gasteiger partial charge on any atom is -0.474 e. The van der Waals surface area contributed by atoms with Crippen molar-refractivity contribution in [2.45, 2.75) is 59.5 Å². The summed E-state index contributed by atoms with van der Waals surface area (Å²) in [5.41, 5.74) is 0.375. The molecular formula is C17H28N2O. The van der Waals surface area contributed by atoms with Gasteiger partial charge in [-0.05, 0) is 43.1 Å². The Hall–Kier alpha value is -1.25. The third kappa shape index (κ3) is 4.39. The van der Waals surface area contributed by atoms with E-state index in [4.69, 9.17) is 4.74 Å². The van der Waals surface area contributed by atoms with Gasteiger partial charge in [0.1, 0.15) is 11.9 Å². The monoisotopic (exact) mass is 276 g/mol. The molecule has 0 radical (unpaired) electrons. The van der Waals surface area contributed by atoms with Gasteiger partial charge in [-0.15, -0.1) is 0 Å². The smallest absolute Gasteiger partial charge is 0.215 e. The maximum atomic E-state index is 6.13. The van der Waals surface area contributed by atoms with Gasteiger partial charge < -0.3 is 10.1 Å². The van der Waals surface area contributed by atoms with Crippen LogP contribution >= 0.6 is 0 Å². The highest BCUT2D eigenvalue weighted by Gasteiger charge is 2.33. The van der Waals surface area contributed by atoms with E-state index < -0.39 is 0 Å². The normalized spacial score (nSPS) is 25.2. The first-order valence-electron chi connectivity index (χ1n) is 7.86. The minimum absolute atomic E-state index is 0.294. The van der Waals surface area contributed by atoms with E-state index in [1.165, 1.54) is 6.42 Å². The van der Waals surface area contributed by atoms with Crippen LogP contribution in [0.25, 0.3) is 0 Å². The Kier molecular flexibility index (Phi) is 4.90. The Morgan fingerprint density at radius 2 is 2.15 bits per heavy atom. The zero-order chi connectivity index (χ0) is 14.6. The van der Waals surface area contributed by atoms with Crippen LogP contribution in [0.5, 0.6) is 5.88 Å². The second-order valence-electron chi connectivity index (χ2n) is 6.94. The van der Waals surface area contributed by atoms with E-state index in [1.54, 1.807) is 0 Å². The van der Waals surface area contributed by atoms with Crippen molar-refractivity contribution in [2.75, 3.05) is 11.9 Å². The quantitative estimate of drug-likeness (QED) is 0.860. The second kappa shape index (κ2) is 6.47. The van der Waals surface area contributed by atoms with Gasteiger partial charge in [0, 0.05) is 12.6 Å². The van der Waals surface area contributed by atoms with Crippen molar-refractivity contribution in [3.8, 4) is 5.88 Å². The van der Waals surface area contributed by atoms with Crippen LogP contribution in [-0.2, 0) is 0 Å². The summed E-state index contributed by atoms with van der Waals surface area (Å²) >= 11 is 0. The summed E-state index contributed by atoms with van der Waals surface area (Å²) in [5.74, 6) is 2.39. The van der Waals surface area contributed by atoms with Gasteiger partial charge in [-0.25, -0.2) is 0 Å². The van der Waals surface area contributed by atoms with Crippen LogP contribution in [-0.4, -0.2) is 17.6 Å². The van der Waals surface area contributed by atoms with E-state index in [0.29, 0.717) is 11.5 Å². The summed E-state index contributed by atoms with van der Waals surface area (Å²) in [6.45, 7) is 10.1. The van der Waals surface area contributed by atoms with Gasteiger partial charge in [0.2, 0.25) is 5.88 Å². The largest absolute Gasteiger partial charge is 0.474 e. The molecule has 1 aromatic rings. The van der Waals surface area contributed by atoms with Gasteiger partial charge in [0.05, 0.1) is 0 Å². The number of nitrogens with one attached hydrogen (secondary N) is 1. The number of pyridine rings is 1.